The third kappa shape index (κ3) is 2.78. The minimum atomic E-state index is -1.03. The van der Waals surface area contributed by atoms with Crippen LogP contribution in [-0.4, -0.2) is 11.1 Å². The number of carbonyl (C=O) groups is 1. The highest BCUT2D eigenvalue weighted by molar-refractivity contribution is 6.35. The van der Waals surface area contributed by atoms with E-state index in [0.717, 1.165) is 0 Å². The Morgan fingerprint density at radius 1 is 1.33 bits per heavy atom. The summed E-state index contributed by atoms with van der Waals surface area (Å²) in [7, 11) is 0. The quantitative estimate of drug-likeness (QED) is 0.894. The molecule has 0 radical (unpaired) electrons. The summed E-state index contributed by atoms with van der Waals surface area (Å²) < 4.78 is 5.10. The van der Waals surface area contributed by atoms with Crippen LogP contribution in [0.15, 0.2) is 34.9 Å². The second-order valence-corrected chi connectivity index (χ2v) is 4.38. The summed E-state index contributed by atoms with van der Waals surface area (Å²) in [5.74, 6) is -0.698. The van der Waals surface area contributed by atoms with E-state index in [1.807, 2.05) is 0 Å². The van der Waals surface area contributed by atoms with Gasteiger partial charge in [-0.3, -0.25) is 0 Å². The van der Waals surface area contributed by atoms with Gasteiger partial charge in [-0.05, 0) is 24.3 Å². The van der Waals surface area contributed by atoms with Gasteiger partial charge in [0.25, 0.3) is 0 Å². The highest BCUT2D eigenvalue weighted by Crippen LogP contribution is 2.26. The van der Waals surface area contributed by atoms with Crippen molar-refractivity contribution < 1.29 is 14.3 Å². The lowest BCUT2D eigenvalue weighted by molar-refractivity contribution is 0.0694. The maximum atomic E-state index is 10.9. The van der Waals surface area contributed by atoms with Crippen LogP contribution in [0.5, 0.6) is 0 Å². The Morgan fingerprint density at radius 3 is 2.83 bits per heavy atom. The summed E-state index contributed by atoms with van der Waals surface area (Å²) in [5, 5.41) is 12.9. The molecule has 1 aromatic heterocycles. The number of hydrogen-bond acceptors (Lipinski definition) is 3. The van der Waals surface area contributed by atoms with Crippen molar-refractivity contribution >= 4 is 34.9 Å². The molecule has 4 nitrogen and oxygen atoms in total. The van der Waals surface area contributed by atoms with Crippen LogP contribution in [0.2, 0.25) is 10.0 Å². The molecule has 0 unspecified atom stereocenters. The van der Waals surface area contributed by atoms with Gasteiger partial charge < -0.3 is 14.8 Å². The molecule has 0 bridgehead atoms. The number of nitrogens with one attached hydrogen (secondary N) is 1. The van der Waals surface area contributed by atoms with Crippen LogP contribution in [0.4, 0.5) is 5.69 Å². The lowest BCUT2D eigenvalue weighted by atomic mass is 10.2. The molecule has 0 aliphatic carbocycles. The van der Waals surface area contributed by atoms with Crippen LogP contribution in [-0.2, 0) is 6.54 Å². The molecule has 18 heavy (non-hydrogen) atoms. The third-order valence-electron chi connectivity index (χ3n) is 2.34. The summed E-state index contributed by atoms with van der Waals surface area (Å²) in [6.07, 6.45) is 1.33. The zero-order chi connectivity index (χ0) is 13.1. The van der Waals surface area contributed by atoms with Crippen LogP contribution in [0.3, 0.4) is 0 Å². The number of carboxylic acid groups (broad SMARTS) is 1. The molecule has 0 amide bonds. The number of hydrogen-bond donors (Lipinski definition) is 2. The number of anilines is 1. The van der Waals surface area contributed by atoms with E-state index in [4.69, 9.17) is 32.7 Å². The van der Waals surface area contributed by atoms with E-state index in [2.05, 4.69) is 5.32 Å². The zero-order valence-corrected chi connectivity index (χ0v) is 10.6. The first kappa shape index (κ1) is 12.8. The fourth-order valence-electron chi connectivity index (χ4n) is 1.48. The van der Waals surface area contributed by atoms with Crippen LogP contribution in [0.1, 0.15) is 16.1 Å². The number of aromatic carboxylic acids is 1. The van der Waals surface area contributed by atoms with Gasteiger partial charge in [0.2, 0.25) is 0 Å². The lowest BCUT2D eigenvalue weighted by Crippen LogP contribution is -2.04. The Kier molecular flexibility index (Phi) is 3.79. The molecule has 0 aliphatic rings. The largest absolute Gasteiger partial charge is 0.478 e. The second kappa shape index (κ2) is 5.33. The molecule has 0 aliphatic heterocycles. The Hall–Kier alpha value is -1.65. The van der Waals surface area contributed by atoms with E-state index in [1.54, 1.807) is 18.2 Å². The van der Waals surface area contributed by atoms with Crippen molar-refractivity contribution in [2.24, 2.45) is 0 Å². The molecular weight excluding hydrogens is 277 g/mol. The summed E-state index contributed by atoms with van der Waals surface area (Å²) >= 11 is 11.8. The zero-order valence-electron chi connectivity index (χ0n) is 9.11. The molecule has 2 rings (SSSR count). The average molecular weight is 286 g/mol. The Bertz CT molecular complexity index is 580. The molecule has 2 N–H and O–H groups in total. The van der Waals surface area contributed by atoms with E-state index in [1.165, 1.54) is 12.3 Å². The molecule has 0 fully saturated rings. The van der Waals surface area contributed by atoms with E-state index in [0.29, 0.717) is 21.5 Å². The minimum absolute atomic E-state index is 0.126. The normalized spacial score (nSPS) is 10.3. The third-order valence-corrected chi connectivity index (χ3v) is 2.91. The maximum Gasteiger partial charge on any atom is 0.339 e. The summed E-state index contributed by atoms with van der Waals surface area (Å²) in [6.45, 7) is 0.217. The number of carboxylic acids is 1. The first-order chi connectivity index (χ1) is 8.58. The van der Waals surface area contributed by atoms with E-state index >= 15 is 0 Å². The first-order valence-electron chi connectivity index (χ1n) is 5.06. The number of furan rings is 1. The molecule has 1 heterocycles. The van der Waals surface area contributed by atoms with Crippen LogP contribution in [0, 0.1) is 0 Å². The van der Waals surface area contributed by atoms with Gasteiger partial charge in [0.05, 0.1) is 23.5 Å². The highest BCUT2D eigenvalue weighted by Gasteiger charge is 2.13. The molecule has 0 atom stereocenters. The Labute approximate surface area is 113 Å². The predicted molar refractivity (Wildman–Crippen MR) is 69.5 cm³/mol. The van der Waals surface area contributed by atoms with Crippen molar-refractivity contribution in [3.63, 3.8) is 0 Å². The summed E-state index contributed by atoms with van der Waals surface area (Å²) in [5.41, 5.74) is 0.748. The Morgan fingerprint density at radius 2 is 2.11 bits per heavy atom. The van der Waals surface area contributed by atoms with Gasteiger partial charge in [0.1, 0.15) is 11.3 Å². The Balaban J connectivity index is 2.14. The van der Waals surface area contributed by atoms with Crippen molar-refractivity contribution in [1.29, 1.82) is 0 Å². The van der Waals surface area contributed by atoms with Crippen LogP contribution in [0.25, 0.3) is 0 Å². The van der Waals surface area contributed by atoms with Gasteiger partial charge in [-0.15, -0.1) is 0 Å². The SMILES string of the molecule is O=C(O)c1ccoc1CNc1cc(Cl)ccc1Cl. The molecule has 0 saturated heterocycles. The van der Waals surface area contributed by atoms with Gasteiger partial charge >= 0.3 is 5.97 Å². The smallest absolute Gasteiger partial charge is 0.339 e. The van der Waals surface area contributed by atoms with E-state index in [9.17, 15) is 4.79 Å². The van der Waals surface area contributed by atoms with Gasteiger partial charge in [0.15, 0.2) is 0 Å². The van der Waals surface area contributed by atoms with Gasteiger partial charge in [-0.2, -0.15) is 0 Å². The van der Waals surface area contributed by atoms with Gasteiger partial charge in [0, 0.05) is 5.02 Å². The van der Waals surface area contributed by atoms with Gasteiger partial charge in [-0.25, -0.2) is 4.79 Å². The fourth-order valence-corrected chi connectivity index (χ4v) is 1.83. The lowest BCUT2D eigenvalue weighted by Gasteiger charge is -2.07. The number of rotatable bonds is 4. The fraction of sp³-hybridized carbons (Fsp3) is 0.0833. The minimum Gasteiger partial charge on any atom is -0.478 e. The van der Waals surface area contributed by atoms with Crippen LogP contribution >= 0.6 is 23.2 Å². The van der Waals surface area contributed by atoms with Crippen LogP contribution < -0.4 is 5.32 Å². The maximum absolute atomic E-state index is 10.9. The number of benzene rings is 1. The average Bonchev–Trinajstić information content (AvgIpc) is 2.79. The van der Waals surface area contributed by atoms with Crippen molar-refractivity contribution in [1.82, 2.24) is 0 Å². The highest BCUT2D eigenvalue weighted by atomic mass is 35.5. The molecule has 94 valence electrons. The van der Waals surface area contributed by atoms with Crippen molar-refractivity contribution in [3.05, 3.63) is 51.9 Å². The monoisotopic (exact) mass is 285 g/mol. The molecule has 1 aromatic carbocycles. The predicted octanol–water partition coefficient (Wildman–Crippen LogP) is 3.90. The first-order valence-corrected chi connectivity index (χ1v) is 5.82. The number of halogens is 2. The molecule has 0 spiro atoms. The summed E-state index contributed by atoms with van der Waals surface area (Å²) in [6, 6.07) is 6.39. The van der Waals surface area contributed by atoms with Crippen molar-refractivity contribution in [2.45, 2.75) is 6.54 Å². The standard InChI is InChI=1S/C12H9Cl2NO3/c13-7-1-2-9(14)10(5-7)15-6-11-8(12(16)17)3-4-18-11/h1-5,15H,6H2,(H,16,17). The van der Waals surface area contributed by atoms with Crippen molar-refractivity contribution in [3.8, 4) is 0 Å². The second-order valence-electron chi connectivity index (χ2n) is 3.54. The summed E-state index contributed by atoms with van der Waals surface area (Å²) in [4.78, 5) is 10.9. The van der Waals surface area contributed by atoms with E-state index < -0.39 is 5.97 Å². The van der Waals surface area contributed by atoms with Crippen molar-refractivity contribution in [2.75, 3.05) is 5.32 Å². The molecule has 2 aromatic rings. The molecule has 6 heteroatoms. The molecular formula is C12H9Cl2NO3. The van der Waals surface area contributed by atoms with Gasteiger partial charge in [-0.1, -0.05) is 23.2 Å². The molecule has 0 saturated carbocycles. The topological polar surface area (TPSA) is 62.5 Å². The van der Waals surface area contributed by atoms with E-state index in [-0.39, 0.29) is 12.1 Å².